The Morgan fingerprint density at radius 2 is 1.84 bits per heavy atom. The van der Waals surface area contributed by atoms with Crippen molar-refractivity contribution in [3.63, 3.8) is 0 Å². The van der Waals surface area contributed by atoms with Crippen LogP contribution in [0.4, 0.5) is 11.6 Å². The highest BCUT2D eigenvalue weighted by atomic mass is 15.2. The number of anilines is 2. The predicted octanol–water partition coefficient (Wildman–Crippen LogP) is 3.07. The first-order valence-corrected chi connectivity index (χ1v) is 7.73. The zero-order valence-electron chi connectivity index (χ0n) is 11.6. The van der Waals surface area contributed by atoms with Gasteiger partial charge >= 0.3 is 0 Å². The molecule has 1 N–H and O–H groups in total. The lowest BCUT2D eigenvalue weighted by atomic mass is 9.89. The van der Waals surface area contributed by atoms with Crippen LogP contribution in [0.5, 0.6) is 0 Å². The molecular weight excluding hydrogens is 236 g/mol. The van der Waals surface area contributed by atoms with Crippen molar-refractivity contribution < 1.29 is 0 Å². The molecule has 0 amide bonds. The summed E-state index contributed by atoms with van der Waals surface area (Å²) in [5, 5.41) is 3.50. The Labute approximate surface area is 115 Å². The van der Waals surface area contributed by atoms with Crippen LogP contribution in [0.3, 0.4) is 0 Å². The van der Waals surface area contributed by atoms with E-state index in [-0.39, 0.29) is 0 Å². The van der Waals surface area contributed by atoms with Crippen LogP contribution >= 0.6 is 0 Å². The molecule has 19 heavy (non-hydrogen) atoms. The predicted molar refractivity (Wildman–Crippen MR) is 78.5 cm³/mol. The van der Waals surface area contributed by atoms with E-state index in [1.54, 1.807) is 6.33 Å². The van der Waals surface area contributed by atoms with Gasteiger partial charge in [-0.25, -0.2) is 9.97 Å². The molecule has 4 heteroatoms. The number of hydrogen-bond donors (Lipinski definition) is 1. The van der Waals surface area contributed by atoms with Crippen LogP contribution in [0.15, 0.2) is 12.4 Å². The Morgan fingerprint density at radius 3 is 2.63 bits per heavy atom. The van der Waals surface area contributed by atoms with Gasteiger partial charge in [0.1, 0.15) is 18.0 Å². The van der Waals surface area contributed by atoms with Gasteiger partial charge in [-0.05, 0) is 31.6 Å². The summed E-state index contributed by atoms with van der Waals surface area (Å²) in [6.07, 6.45) is 11.2. The van der Waals surface area contributed by atoms with Crippen LogP contribution in [0.25, 0.3) is 0 Å². The molecule has 0 atom stereocenters. The van der Waals surface area contributed by atoms with E-state index in [0.29, 0.717) is 0 Å². The summed E-state index contributed by atoms with van der Waals surface area (Å²) in [4.78, 5) is 11.1. The standard InChI is InChI=1S/C15H24N4/c1-2-6-13(7-3-1)11-16-14-10-15(18-12-17-14)19-8-4-5-9-19/h10,12-13H,1-9,11H2,(H,16,17,18). The van der Waals surface area contributed by atoms with Gasteiger partial charge in [-0.2, -0.15) is 0 Å². The van der Waals surface area contributed by atoms with Gasteiger partial charge in [0.15, 0.2) is 0 Å². The van der Waals surface area contributed by atoms with Crippen molar-refractivity contribution in [3.8, 4) is 0 Å². The van der Waals surface area contributed by atoms with E-state index in [1.165, 1.54) is 44.9 Å². The maximum absolute atomic E-state index is 4.39. The molecule has 1 aromatic rings. The molecule has 0 bridgehead atoms. The van der Waals surface area contributed by atoms with Crippen LogP contribution in [-0.2, 0) is 0 Å². The molecule has 1 saturated carbocycles. The first kappa shape index (κ1) is 12.7. The Balaban J connectivity index is 1.56. The van der Waals surface area contributed by atoms with Crippen LogP contribution in [0.2, 0.25) is 0 Å². The minimum absolute atomic E-state index is 0.832. The Kier molecular flexibility index (Phi) is 4.16. The van der Waals surface area contributed by atoms with Gasteiger partial charge < -0.3 is 10.2 Å². The Bertz CT molecular complexity index is 395. The molecule has 0 unspecified atom stereocenters. The van der Waals surface area contributed by atoms with Crippen molar-refractivity contribution in [3.05, 3.63) is 12.4 Å². The summed E-state index contributed by atoms with van der Waals surface area (Å²) < 4.78 is 0. The van der Waals surface area contributed by atoms with Crippen molar-refractivity contribution in [1.82, 2.24) is 9.97 Å². The van der Waals surface area contributed by atoms with Crippen molar-refractivity contribution in [2.24, 2.45) is 5.92 Å². The highest BCUT2D eigenvalue weighted by molar-refractivity contribution is 5.48. The summed E-state index contributed by atoms with van der Waals surface area (Å²) in [6.45, 7) is 3.34. The molecule has 1 saturated heterocycles. The molecule has 3 rings (SSSR count). The zero-order valence-corrected chi connectivity index (χ0v) is 11.6. The topological polar surface area (TPSA) is 41.1 Å². The Hall–Kier alpha value is -1.32. The molecule has 0 spiro atoms. The largest absolute Gasteiger partial charge is 0.370 e. The molecule has 1 aliphatic carbocycles. The van der Waals surface area contributed by atoms with E-state index in [2.05, 4.69) is 26.3 Å². The second kappa shape index (κ2) is 6.22. The fourth-order valence-corrected chi connectivity index (χ4v) is 3.20. The molecule has 0 radical (unpaired) electrons. The van der Waals surface area contributed by atoms with E-state index in [0.717, 1.165) is 37.2 Å². The maximum atomic E-state index is 4.39. The average Bonchev–Trinajstić information content (AvgIpc) is 3.01. The van der Waals surface area contributed by atoms with Crippen LogP contribution in [0.1, 0.15) is 44.9 Å². The normalized spacial score (nSPS) is 20.7. The van der Waals surface area contributed by atoms with Crippen molar-refractivity contribution in [1.29, 1.82) is 0 Å². The van der Waals surface area contributed by atoms with E-state index < -0.39 is 0 Å². The van der Waals surface area contributed by atoms with Gasteiger partial charge in [-0.1, -0.05) is 19.3 Å². The molecule has 104 valence electrons. The van der Waals surface area contributed by atoms with Gasteiger partial charge in [0, 0.05) is 25.7 Å². The third-order valence-corrected chi connectivity index (χ3v) is 4.38. The quantitative estimate of drug-likeness (QED) is 0.903. The number of rotatable bonds is 4. The van der Waals surface area contributed by atoms with Gasteiger partial charge in [0.25, 0.3) is 0 Å². The number of aromatic nitrogens is 2. The summed E-state index contributed by atoms with van der Waals surface area (Å²) >= 11 is 0. The first-order valence-electron chi connectivity index (χ1n) is 7.73. The lowest BCUT2D eigenvalue weighted by molar-refractivity contribution is 0.373. The monoisotopic (exact) mass is 260 g/mol. The van der Waals surface area contributed by atoms with Crippen LogP contribution in [0, 0.1) is 5.92 Å². The fourth-order valence-electron chi connectivity index (χ4n) is 3.20. The highest BCUT2D eigenvalue weighted by Crippen LogP contribution is 2.24. The van der Waals surface area contributed by atoms with Gasteiger partial charge in [-0.15, -0.1) is 0 Å². The molecule has 1 aromatic heterocycles. The summed E-state index contributed by atoms with van der Waals surface area (Å²) in [5.41, 5.74) is 0. The molecule has 1 aliphatic heterocycles. The lowest BCUT2D eigenvalue weighted by Gasteiger charge is -2.22. The second-order valence-corrected chi connectivity index (χ2v) is 5.84. The van der Waals surface area contributed by atoms with E-state index in [4.69, 9.17) is 0 Å². The van der Waals surface area contributed by atoms with Gasteiger partial charge in [0.05, 0.1) is 0 Å². The van der Waals surface area contributed by atoms with Crippen LogP contribution in [-0.4, -0.2) is 29.6 Å². The average molecular weight is 260 g/mol. The third kappa shape index (κ3) is 3.37. The third-order valence-electron chi connectivity index (χ3n) is 4.38. The SMILES string of the molecule is c1nc(NCC2CCCCC2)cc(N2CCCC2)n1. The summed E-state index contributed by atoms with van der Waals surface area (Å²) in [6, 6.07) is 2.11. The van der Waals surface area contributed by atoms with E-state index in [1.807, 2.05) is 0 Å². The molecule has 2 fully saturated rings. The summed E-state index contributed by atoms with van der Waals surface area (Å²) in [5.74, 6) is 2.90. The molecule has 2 aliphatic rings. The number of nitrogens with zero attached hydrogens (tertiary/aromatic N) is 3. The second-order valence-electron chi connectivity index (χ2n) is 5.84. The summed E-state index contributed by atoms with van der Waals surface area (Å²) in [7, 11) is 0. The smallest absolute Gasteiger partial charge is 0.134 e. The fraction of sp³-hybridized carbons (Fsp3) is 0.733. The molecule has 4 nitrogen and oxygen atoms in total. The minimum Gasteiger partial charge on any atom is -0.370 e. The van der Waals surface area contributed by atoms with Crippen molar-refractivity contribution >= 4 is 11.6 Å². The zero-order chi connectivity index (χ0) is 12.9. The van der Waals surface area contributed by atoms with Gasteiger partial charge in [-0.3, -0.25) is 0 Å². The first-order chi connectivity index (χ1) is 9.42. The Morgan fingerprint density at radius 1 is 1.05 bits per heavy atom. The number of hydrogen-bond acceptors (Lipinski definition) is 4. The van der Waals surface area contributed by atoms with Crippen molar-refractivity contribution in [2.45, 2.75) is 44.9 Å². The highest BCUT2D eigenvalue weighted by Gasteiger charge is 2.15. The van der Waals surface area contributed by atoms with Gasteiger partial charge in [0.2, 0.25) is 0 Å². The van der Waals surface area contributed by atoms with Crippen molar-refractivity contribution in [2.75, 3.05) is 29.9 Å². The molecule has 2 heterocycles. The van der Waals surface area contributed by atoms with E-state index >= 15 is 0 Å². The minimum atomic E-state index is 0.832. The van der Waals surface area contributed by atoms with Crippen LogP contribution < -0.4 is 10.2 Å². The molecule has 0 aromatic carbocycles. The molecular formula is C15H24N4. The maximum Gasteiger partial charge on any atom is 0.134 e. The van der Waals surface area contributed by atoms with E-state index in [9.17, 15) is 0 Å². The number of nitrogens with one attached hydrogen (secondary N) is 1. The lowest BCUT2D eigenvalue weighted by Crippen LogP contribution is -2.20.